The van der Waals surface area contributed by atoms with Gasteiger partial charge < -0.3 is 5.32 Å². The van der Waals surface area contributed by atoms with Gasteiger partial charge in [0.15, 0.2) is 0 Å². The number of benzene rings is 1. The van der Waals surface area contributed by atoms with Crippen LogP contribution in [-0.4, -0.2) is 44.2 Å². The smallest absolute Gasteiger partial charge is 0.215 e. The van der Waals surface area contributed by atoms with E-state index in [0.717, 1.165) is 32.2 Å². The fourth-order valence-electron chi connectivity index (χ4n) is 3.18. The van der Waals surface area contributed by atoms with Crippen LogP contribution in [0.4, 0.5) is 0 Å². The van der Waals surface area contributed by atoms with Gasteiger partial charge in [-0.25, -0.2) is 12.7 Å². The second-order valence-electron chi connectivity index (χ2n) is 5.74. The Bertz CT molecular complexity index is 538. The van der Waals surface area contributed by atoms with E-state index in [9.17, 15) is 8.42 Å². The lowest BCUT2D eigenvalue weighted by atomic mass is 10.0. The van der Waals surface area contributed by atoms with Gasteiger partial charge in [-0.1, -0.05) is 24.3 Å². The number of hydrogen-bond donors (Lipinski definition) is 1. The summed E-state index contributed by atoms with van der Waals surface area (Å²) in [6, 6.07) is 8.44. The van der Waals surface area contributed by atoms with E-state index in [2.05, 4.69) is 17.4 Å². The highest BCUT2D eigenvalue weighted by atomic mass is 32.2. The van der Waals surface area contributed by atoms with E-state index >= 15 is 0 Å². The molecule has 1 saturated heterocycles. The molecule has 2 aliphatic heterocycles. The molecule has 1 fully saturated rings. The SMILES string of the molecule is O=S(=O)(CC1CCCN1)N1CCc2ccccc2CC1. The lowest BCUT2D eigenvalue weighted by molar-refractivity contribution is 0.422. The van der Waals surface area contributed by atoms with Crippen molar-refractivity contribution in [2.45, 2.75) is 31.7 Å². The van der Waals surface area contributed by atoms with Gasteiger partial charge in [0, 0.05) is 19.1 Å². The van der Waals surface area contributed by atoms with Gasteiger partial charge in [0.25, 0.3) is 0 Å². The van der Waals surface area contributed by atoms with Crippen LogP contribution < -0.4 is 5.32 Å². The molecule has 110 valence electrons. The Morgan fingerprint density at radius 3 is 2.35 bits per heavy atom. The first-order valence-corrected chi connectivity index (χ1v) is 9.04. The van der Waals surface area contributed by atoms with Gasteiger partial charge in [0.05, 0.1) is 5.75 Å². The second-order valence-corrected chi connectivity index (χ2v) is 7.75. The lowest BCUT2D eigenvalue weighted by Gasteiger charge is -2.22. The van der Waals surface area contributed by atoms with E-state index in [0.29, 0.717) is 13.1 Å². The maximum Gasteiger partial charge on any atom is 0.215 e. The first-order chi connectivity index (χ1) is 9.65. The highest BCUT2D eigenvalue weighted by molar-refractivity contribution is 7.89. The molecule has 4 nitrogen and oxygen atoms in total. The Balaban J connectivity index is 1.69. The molecular formula is C15H22N2O2S. The number of rotatable bonds is 3. The third-order valence-corrected chi connectivity index (χ3v) is 6.32. The topological polar surface area (TPSA) is 49.4 Å². The van der Waals surface area contributed by atoms with E-state index in [-0.39, 0.29) is 11.8 Å². The van der Waals surface area contributed by atoms with Crippen LogP contribution in [0.3, 0.4) is 0 Å². The number of hydrogen-bond acceptors (Lipinski definition) is 3. The van der Waals surface area contributed by atoms with Crippen LogP contribution in [0.5, 0.6) is 0 Å². The number of nitrogens with zero attached hydrogens (tertiary/aromatic N) is 1. The molecule has 0 aliphatic carbocycles. The zero-order chi connectivity index (χ0) is 14.0. The van der Waals surface area contributed by atoms with Gasteiger partial charge in [0.1, 0.15) is 0 Å². The molecule has 1 N–H and O–H groups in total. The predicted molar refractivity (Wildman–Crippen MR) is 80.2 cm³/mol. The molecule has 0 saturated carbocycles. The quantitative estimate of drug-likeness (QED) is 0.910. The Morgan fingerprint density at radius 2 is 1.80 bits per heavy atom. The summed E-state index contributed by atoms with van der Waals surface area (Å²) in [7, 11) is -3.14. The van der Waals surface area contributed by atoms with Gasteiger partial charge in [-0.05, 0) is 43.4 Å². The molecular weight excluding hydrogens is 272 g/mol. The van der Waals surface area contributed by atoms with E-state index in [1.54, 1.807) is 4.31 Å². The van der Waals surface area contributed by atoms with Crippen molar-refractivity contribution in [3.63, 3.8) is 0 Å². The van der Waals surface area contributed by atoms with Crippen LogP contribution in [0, 0.1) is 0 Å². The molecule has 1 aromatic carbocycles. The molecule has 5 heteroatoms. The first kappa shape index (κ1) is 14.0. The first-order valence-electron chi connectivity index (χ1n) is 7.43. The molecule has 0 bridgehead atoms. The van der Waals surface area contributed by atoms with E-state index in [1.807, 2.05) is 12.1 Å². The summed E-state index contributed by atoms with van der Waals surface area (Å²) in [5, 5.41) is 3.28. The Morgan fingerprint density at radius 1 is 1.15 bits per heavy atom. The largest absolute Gasteiger partial charge is 0.313 e. The molecule has 0 amide bonds. The van der Waals surface area contributed by atoms with E-state index in [4.69, 9.17) is 0 Å². The fourth-order valence-corrected chi connectivity index (χ4v) is 4.93. The summed E-state index contributed by atoms with van der Waals surface area (Å²) in [6.45, 7) is 2.18. The highest BCUT2D eigenvalue weighted by Gasteiger charge is 2.28. The molecule has 20 heavy (non-hydrogen) atoms. The minimum absolute atomic E-state index is 0.144. The molecule has 1 unspecified atom stereocenters. The van der Waals surface area contributed by atoms with Crippen molar-refractivity contribution in [2.24, 2.45) is 0 Å². The fraction of sp³-hybridized carbons (Fsp3) is 0.600. The Kier molecular flexibility index (Phi) is 4.10. The summed E-state index contributed by atoms with van der Waals surface area (Å²) >= 11 is 0. The van der Waals surface area contributed by atoms with Crippen molar-refractivity contribution in [3.05, 3.63) is 35.4 Å². The summed E-state index contributed by atoms with van der Waals surface area (Å²) in [5.41, 5.74) is 2.59. The molecule has 1 aromatic rings. The second kappa shape index (κ2) is 5.84. The standard InChI is InChI=1S/C15H22N2O2S/c18-20(19,12-15-6-3-9-16-15)17-10-7-13-4-1-2-5-14(13)8-11-17/h1-2,4-5,15-16H,3,6-12H2. The van der Waals surface area contributed by atoms with Gasteiger partial charge in [-0.3, -0.25) is 0 Å². The minimum Gasteiger partial charge on any atom is -0.313 e. The molecule has 2 heterocycles. The summed E-state index contributed by atoms with van der Waals surface area (Å²) in [6.07, 6.45) is 3.72. The number of fused-ring (bicyclic) bond motifs is 1. The van der Waals surface area contributed by atoms with Gasteiger partial charge in [-0.15, -0.1) is 0 Å². The maximum absolute atomic E-state index is 12.5. The highest BCUT2D eigenvalue weighted by Crippen LogP contribution is 2.19. The van der Waals surface area contributed by atoms with Crippen molar-refractivity contribution in [1.29, 1.82) is 0 Å². The average Bonchev–Trinajstić information content (AvgIpc) is 2.81. The lowest BCUT2D eigenvalue weighted by Crippen LogP contribution is -2.40. The van der Waals surface area contributed by atoms with Crippen molar-refractivity contribution >= 4 is 10.0 Å². The molecule has 0 radical (unpaired) electrons. The van der Waals surface area contributed by atoms with Crippen molar-refractivity contribution in [3.8, 4) is 0 Å². The normalized spacial score (nSPS) is 24.3. The van der Waals surface area contributed by atoms with Crippen LogP contribution in [-0.2, 0) is 22.9 Å². The van der Waals surface area contributed by atoms with Crippen LogP contribution in [0.2, 0.25) is 0 Å². The van der Waals surface area contributed by atoms with Gasteiger partial charge in [0.2, 0.25) is 10.0 Å². The zero-order valence-corrected chi connectivity index (χ0v) is 12.5. The average molecular weight is 294 g/mol. The number of sulfonamides is 1. The van der Waals surface area contributed by atoms with E-state index in [1.165, 1.54) is 11.1 Å². The molecule has 0 spiro atoms. The molecule has 1 atom stereocenters. The van der Waals surface area contributed by atoms with Gasteiger partial charge >= 0.3 is 0 Å². The third-order valence-electron chi connectivity index (χ3n) is 4.35. The zero-order valence-electron chi connectivity index (χ0n) is 11.7. The Hall–Kier alpha value is -0.910. The number of nitrogens with one attached hydrogen (secondary N) is 1. The van der Waals surface area contributed by atoms with Crippen LogP contribution in [0.15, 0.2) is 24.3 Å². The summed E-state index contributed by atoms with van der Waals surface area (Å²) < 4.78 is 26.8. The molecule has 3 rings (SSSR count). The van der Waals surface area contributed by atoms with Gasteiger partial charge in [-0.2, -0.15) is 0 Å². The van der Waals surface area contributed by atoms with E-state index < -0.39 is 10.0 Å². The van der Waals surface area contributed by atoms with Crippen molar-refractivity contribution in [1.82, 2.24) is 9.62 Å². The summed E-state index contributed by atoms with van der Waals surface area (Å²) in [4.78, 5) is 0. The van der Waals surface area contributed by atoms with Crippen molar-refractivity contribution < 1.29 is 8.42 Å². The predicted octanol–water partition coefficient (Wildman–Crippen LogP) is 1.17. The van der Waals surface area contributed by atoms with Crippen LogP contribution >= 0.6 is 0 Å². The third kappa shape index (κ3) is 3.05. The molecule has 2 aliphatic rings. The molecule has 0 aromatic heterocycles. The Labute approximate surface area is 121 Å². The monoisotopic (exact) mass is 294 g/mol. The minimum atomic E-state index is -3.14. The van der Waals surface area contributed by atoms with Crippen molar-refractivity contribution in [2.75, 3.05) is 25.4 Å². The van der Waals surface area contributed by atoms with Crippen LogP contribution in [0.1, 0.15) is 24.0 Å². The maximum atomic E-state index is 12.5. The summed E-state index contributed by atoms with van der Waals surface area (Å²) in [5.74, 6) is 0.253. The van der Waals surface area contributed by atoms with Crippen LogP contribution in [0.25, 0.3) is 0 Å².